The summed E-state index contributed by atoms with van der Waals surface area (Å²) in [4.78, 5) is 11.1. The molecule has 0 radical (unpaired) electrons. The number of hydrogen-bond donors (Lipinski definition) is 0. The van der Waals surface area contributed by atoms with Crippen molar-refractivity contribution in [3.05, 3.63) is 53.1 Å². The Labute approximate surface area is 112 Å². The fraction of sp³-hybridized carbons (Fsp3) is 0.188. The summed E-state index contributed by atoms with van der Waals surface area (Å²) < 4.78 is 11.1. The van der Waals surface area contributed by atoms with Crippen molar-refractivity contribution in [3.63, 3.8) is 0 Å². The fourth-order valence-electron chi connectivity index (χ4n) is 1.83. The normalized spacial score (nSPS) is 10.1. The van der Waals surface area contributed by atoms with Gasteiger partial charge in [-0.05, 0) is 43.7 Å². The van der Waals surface area contributed by atoms with Crippen molar-refractivity contribution in [1.82, 2.24) is 0 Å². The molecule has 0 atom stereocenters. The molecular formula is C16H16O3. The molecule has 0 saturated heterocycles. The van der Waals surface area contributed by atoms with Gasteiger partial charge in [0.1, 0.15) is 5.75 Å². The van der Waals surface area contributed by atoms with E-state index in [0.717, 1.165) is 17.4 Å². The van der Waals surface area contributed by atoms with Crippen molar-refractivity contribution in [1.29, 1.82) is 0 Å². The van der Waals surface area contributed by atoms with E-state index in [1.165, 1.54) is 0 Å². The molecule has 0 aliphatic carbocycles. The molecule has 0 saturated carbocycles. The van der Waals surface area contributed by atoms with Gasteiger partial charge >= 0.3 is 0 Å². The summed E-state index contributed by atoms with van der Waals surface area (Å²) in [7, 11) is 1.59. The number of aldehydes is 1. The van der Waals surface area contributed by atoms with Gasteiger partial charge in [-0.15, -0.1) is 0 Å². The van der Waals surface area contributed by atoms with Gasteiger partial charge < -0.3 is 9.47 Å². The molecule has 0 unspecified atom stereocenters. The van der Waals surface area contributed by atoms with E-state index in [9.17, 15) is 4.79 Å². The molecule has 0 N–H and O–H groups in total. The number of rotatable bonds is 4. The van der Waals surface area contributed by atoms with E-state index in [1.807, 2.05) is 38.1 Å². The van der Waals surface area contributed by atoms with Crippen molar-refractivity contribution < 1.29 is 14.3 Å². The lowest BCUT2D eigenvalue weighted by Crippen LogP contribution is -1.94. The first-order chi connectivity index (χ1) is 9.13. The van der Waals surface area contributed by atoms with Crippen LogP contribution < -0.4 is 9.47 Å². The summed E-state index contributed by atoms with van der Waals surface area (Å²) in [6.07, 6.45) is 0.795. The van der Waals surface area contributed by atoms with Crippen LogP contribution in [0, 0.1) is 13.8 Å². The Morgan fingerprint density at radius 2 is 1.53 bits per heavy atom. The summed E-state index contributed by atoms with van der Waals surface area (Å²) >= 11 is 0. The minimum absolute atomic E-state index is 0.530. The van der Waals surface area contributed by atoms with Crippen molar-refractivity contribution >= 4 is 6.29 Å². The van der Waals surface area contributed by atoms with E-state index < -0.39 is 0 Å². The van der Waals surface area contributed by atoms with Crippen LogP contribution in [0.25, 0.3) is 0 Å². The Kier molecular flexibility index (Phi) is 3.85. The molecule has 0 aliphatic rings. The standard InChI is InChI=1S/C16H16O3/c1-11-4-6-14(13(8-11)10-17)19-15-7-5-12(2)9-16(15)18-3/h4-10H,1-3H3. The third kappa shape index (κ3) is 2.94. The average molecular weight is 256 g/mol. The molecule has 2 aromatic rings. The maximum atomic E-state index is 11.1. The van der Waals surface area contributed by atoms with E-state index in [2.05, 4.69) is 0 Å². The highest BCUT2D eigenvalue weighted by Crippen LogP contribution is 2.33. The van der Waals surface area contributed by atoms with E-state index in [1.54, 1.807) is 19.2 Å². The topological polar surface area (TPSA) is 35.5 Å². The highest BCUT2D eigenvalue weighted by Gasteiger charge is 2.09. The second-order valence-corrected chi connectivity index (χ2v) is 4.42. The number of benzene rings is 2. The molecule has 0 bridgehead atoms. The minimum atomic E-state index is 0.530. The largest absolute Gasteiger partial charge is 0.493 e. The maximum absolute atomic E-state index is 11.1. The zero-order valence-electron chi connectivity index (χ0n) is 11.3. The van der Waals surface area contributed by atoms with Gasteiger partial charge in [0, 0.05) is 0 Å². The van der Waals surface area contributed by atoms with Crippen LogP contribution in [0.5, 0.6) is 17.2 Å². The molecule has 2 aromatic carbocycles. The molecule has 0 aliphatic heterocycles. The SMILES string of the molecule is COc1cc(C)ccc1Oc1ccc(C)cc1C=O. The van der Waals surface area contributed by atoms with Crippen molar-refractivity contribution in [3.8, 4) is 17.2 Å². The highest BCUT2D eigenvalue weighted by molar-refractivity contribution is 5.80. The van der Waals surface area contributed by atoms with Crippen LogP contribution in [0.15, 0.2) is 36.4 Å². The van der Waals surface area contributed by atoms with Gasteiger partial charge in [0.2, 0.25) is 0 Å². The molecule has 0 spiro atoms. The van der Waals surface area contributed by atoms with Crippen molar-refractivity contribution in [2.45, 2.75) is 13.8 Å². The molecule has 98 valence electrons. The van der Waals surface area contributed by atoms with Crippen molar-refractivity contribution in [2.24, 2.45) is 0 Å². The number of aryl methyl sites for hydroxylation is 2. The Balaban J connectivity index is 2.38. The number of hydrogen-bond acceptors (Lipinski definition) is 3. The smallest absolute Gasteiger partial charge is 0.169 e. The molecule has 0 aromatic heterocycles. The van der Waals surface area contributed by atoms with E-state index >= 15 is 0 Å². The lowest BCUT2D eigenvalue weighted by molar-refractivity contribution is 0.112. The lowest BCUT2D eigenvalue weighted by atomic mass is 10.1. The summed E-state index contributed by atoms with van der Waals surface area (Å²) in [5.41, 5.74) is 2.64. The van der Waals surface area contributed by atoms with Gasteiger partial charge in [-0.25, -0.2) is 0 Å². The summed E-state index contributed by atoms with van der Waals surface area (Å²) in [6, 6.07) is 11.2. The molecule has 19 heavy (non-hydrogen) atoms. The molecular weight excluding hydrogens is 240 g/mol. The number of carbonyl (C=O) groups is 1. The lowest BCUT2D eigenvalue weighted by Gasteiger charge is -2.12. The average Bonchev–Trinajstić information content (AvgIpc) is 2.42. The van der Waals surface area contributed by atoms with Crippen LogP contribution >= 0.6 is 0 Å². The zero-order chi connectivity index (χ0) is 13.8. The molecule has 3 heteroatoms. The second kappa shape index (κ2) is 5.57. The van der Waals surface area contributed by atoms with Gasteiger partial charge in [0.05, 0.1) is 12.7 Å². The molecule has 0 heterocycles. The summed E-state index contributed by atoms with van der Waals surface area (Å²) in [6.45, 7) is 3.91. The third-order valence-corrected chi connectivity index (χ3v) is 2.83. The van der Waals surface area contributed by atoms with Gasteiger partial charge in [-0.1, -0.05) is 17.7 Å². The number of ether oxygens (including phenoxy) is 2. The molecule has 3 nitrogen and oxygen atoms in total. The van der Waals surface area contributed by atoms with Crippen LogP contribution in [0.1, 0.15) is 21.5 Å². The Morgan fingerprint density at radius 3 is 2.16 bits per heavy atom. The van der Waals surface area contributed by atoms with Gasteiger partial charge in [0.25, 0.3) is 0 Å². The highest BCUT2D eigenvalue weighted by atomic mass is 16.5. The summed E-state index contributed by atoms with van der Waals surface area (Å²) in [5.74, 6) is 1.78. The quantitative estimate of drug-likeness (QED) is 0.778. The first-order valence-corrected chi connectivity index (χ1v) is 6.02. The molecule has 0 fully saturated rings. The van der Waals surface area contributed by atoms with Gasteiger partial charge in [-0.2, -0.15) is 0 Å². The van der Waals surface area contributed by atoms with Crippen molar-refractivity contribution in [2.75, 3.05) is 7.11 Å². The Bertz CT molecular complexity index is 603. The Hall–Kier alpha value is -2.29. The van der Waals surface area contributed by atoms with Gasteiger partial charge in [0.15, 0.2) is 17.8 Å². The van der Waals surface area contributed by atoms with E-state index in [4.69, 9.17) is 9.47 Å². The first-order valence-electron chi connectivity index (χ1n) is 6.02. The van der Waals surface area contributed by atoms with E-state index in [0.29, 0.717) is 22.8 Å². The van der Waals surface area contributed by atoms with E-state index in [-0.39, 0.29) is 0 Å². The predicted octanol–water partition coefficient (Wildman–Crippen LogP) is 3.92. The van der Waals surface area contributed by atoms with Gasteiger partial charge in [-0.3, -0.25) is 4.79 Å². The monoisotopic (exact) mass is 256 g/mol. The maximum Gasteiger partial charge on any atom is 0.169 e. The first kappa shape index (κ1) is 13.1. The molecule has 2 rings (SSSR count). The fourth-order valence-corrected chi connectivity index (χ4v) is 1.83. The molecule has 0 amide bonds. The van der Waals surface area contributed by atoms with Crippen LogP contribution in [0.3, 0.4) is 0 Å². The number of carbonyl (C=O) groups excluding carboxylic acids is 1. The Morgan fingerprint density at radius 1 is 0.895 bits per heavy atom. The van der Waals surface area contributed by atoms with Crippen LogP contribution in [-0.4, -0.2) is 13.4 Å². The summed E-state index contributed by atoms with van der Waals surface area (Å²) in [5, 5.41) is 0. The number of methoxy groups -OCH3 is 1. The zero-order valence-corrected chi connectivity index (χ0v) is 11.3. The van der Waals surface area contributed by atoms with Crippen LogP contribution in [0.4, 0.5) is 0 Å². The van der Waals surface area contributed by atoms with Crippen LogP contribution in [-0.2, 0) is 0 Å². The second-order valence-electron chi connectivity index (χ2n) is 4.42. The third-order valence-electron chi connectivity index (χ3n) is 2.83. The van der Waals surface area contributed by atoms with Crippen LogP contribution in [0.2, 0.25) is 0 Å². The predicted molar refractivity (Wildman–Crippen MR) is 74.4 cm³/mol. The minimum Gasteiger partial charge on any atom is -0.493 e.